The lowest BCUT2D eigenvalue weighted by Crippen LogP contribution is -2.11. The van der Waals surface area contributed by atoms with E-state index in [1.807, 2.05) is 32.0 Å². The number of hydrogen-bond acceptors (Lipinski definition) is 4. The third-order valence-corrected chi connectivity index (χ3v) is 4.13. The Labute approximate surface area is 142 Å². The summed E-state index contributed by atoms with van der Waals surface area (Å²) < 4.78 is 11.1. The van der Waals surface area contributed by atoms with E-state index in [9.17, 15) is 9.59 Å². The van der Waals surface area contributed by atoms with Crippen molar-refractivity contribution in [2.24, 2.45) is 0 Å². The maximum Gasteiger partial charge on any atom is 0.302 e. The fraction of sp³-hybridized carbons (Fsp3) is 0.100. The first-order valence-corrected chi connectivity index (χ1v) is 7.87. The van der Waals surface area contributed by atoms with E-state index in [1.54, 1.807) is 24.3 Å². The number of carbonyl (C=O) groups excluding carboxylic acids is 1. The molecule has 2 aromatic heterocycles. The second-order valence-electron chi connectivity index (χ2n) is 6.01. The van der Waals surface area contributed by atoms with Gasteiger partial charge in [0.1, 0.15) is 11.0 Å². The number of carbonyl (C=O) groups is 1. The highest BCUT2D eigenvalue weighted by molar-refractivity contribution is 6.05. The molecule has 2 heterocycles. The topological polar surface area (TPSA) is 72.5 Å². The Hall–Kier alpha value is -3.34. The highest BCUT2D eigenvalue weighted by Gasteiger charge is 2.18. The van der Waals surface area contributed by atoms with E-state index in [0.29, 0.717) is 16.7 Å². The third kappa shape index (κ3) is 2.59. The second kappa shape index (κ2) is 5.63. The molecule has 1 N–H and O–H groups in total. The van der Waals surface area contributed by atoms with Crippen molar-refractivity contribution in [2.75, 3.05) is 5.32 Å². The number of hydrogen-bond donors (Lipinski definition) is 1. The fourth-order valence-electron chi connectivity index (χ4n) is 2.85. The molecule has 0 aliphatic carbocycles. The van der Waals surface area contributed by atoms with Crippen LogP contribution in [0.4, 0.5) is 5.69 Å². The molecule has 4 aromatic rings. The second-order valence-corrected chi connectivity index (χ2v) is 6.01. The van der Waals surface area contributed by atoms with E-state index in [-0.39, 0.29) is 22.4 Å². The van der Waals surface area contributed by atoms with Crippen molar-refractivity contribution in [3.05, 3.63) is 75.6 Å². The number of nitrogens with one attached hydrogen (secondary N) is 1. The standard InChI is InChI=1S/C20H15NO4/c1-11-7-8-15(12(2)9-11)21-19(23)17-10-14-18(22)13-5-3-4-6-16(13)24-20(14)25-17/h3-10H,1-2H3,(H,21,23). The Morgan fingerprint density at radius 1 is 0.960 bits per heavy atom. The monoisotopic (exact) mass is 333 g/mol. The van der Waals surface area contributed by atoms with Crippen LogP contribution < -0.4 is 10.7 Å². The molecule has 0 unspecified atom stereocenters. The summed E-state index contributed by atoms with van der Waals surface area (Å²) in [7, 11) is 0. The lowest BCUT2D eigenvalue weighted by Gasteiger charge is -2.07. The van der Waals surface area contributed by atoms with Crippen LogP contribution >= 0.6 is 0 Å². The van der Waals surface area contributed by atoms with E-state index in [4.69, 9.17) is 8.83 Å². The van der Waals surface area contributed by atoms with E-state index >= 15 is 0 Å². The Bertz CT molecular complexity index is 1180. The van der Waals surface area contributed by atoms with Gasteiger partial charge < -0.3 is 14.2 Å². The van der Waals surface area contributed by atoms with Gasteiger partial charge in [0.15, 0.2) is 5.76 Å². The minimum atomic E-state index is -0.429. The van der Waals surface area contributed by atoms with Crippen molar-refractivity contribution in [2.45, 2.75) is 13.8 Å². The van der Waals surface area contributed by atoms with Gasteiger partial charge in [-0.1, -0.05) is 29.8 Å². The molecule has 5 nitrogen and oxygen atoms in total. The number of anilines is 1. The van der Waals surface area contributed by atoms with Gasteiger partial charge in [0.05, 0.1) is 5.39 Å². The van der Waals surface area contributed by atoms with Crippen LogP contribution in [-0.2, 0) is 0 Å². The minimum absolute atomic E-state index is 0.0335. The first kappa shape index (κ1) is 15.2. The highest BCUT2D eigenvalue weighted by Crippen LogP contribution is 2.23. The molecule has 0 spiro atoms. The van der Waals surface area contributed by atoms with E-state index < -0.39 is 5.91 Å². The van der Waals surface area contributed by atoms with Crippen LogP contribution in [0.1, 0.15) is 21.7 Å². The molecule has 0 bridgehead atoms. The molecule has 4 rings (SSSR count). The highest BCUT2D eigenvalue weighted by atomic mass is 16.5. The summed E-state index contributed by atoms with van der Waals surface area (Å²) in [6, 6.07) is 14.1. The van der Waals surface area contributed by atoms with Crippen molar-refractivity contribution in [1.82, 2.24) is 0 Å². The smallest absolute Gasteiger partial charge is 0.302 e. The molecule has 0 fully saturated rings. The van der Waals surface area contributed by atoms with Gasteiger partial charge in [0.2, 0.25) is 5.43 Å². The van der Waals surface area contributed by atoms with Crippen molar-refractivity contribution < 1.29 is 13.6 Å². The Kier molecular flexibility index (Phi) is 3.42. The number of benzene rings is 2. The predicted molar refractivity (Wildman–Crippen MR) is 96.1 cm³/mol. The van der Waals surface area contributed by atoms with Crippen LogP contribution in [0.15, 0.2) is 62.2 Å². The Balaban J connectivity index is 1.76. The Morgan fingerprint density at radius 2 is 1.76 bits per heavy atom. The third-order valence-electron chi connectivity index (χ3n) is 4.13. The molecule has 0 atom stereocenters. The van der Waals surface area contributed by atoms with E-state index in [2.05, 4.69) is 5.32 Å². The lowest BCUT2D eigenvalue weighted by atomic mass is 10.1. The summed E-state index contributed by atoms with van der Waals surface area (Å²) >= 11 is 0. The van der Waals surface area contributed by atoms with Gasteiger partial charge in [-0.05, 0) is 37.6 Å². The van der Waals surface area contributed by atoms with Crippen LogP contribution in [0.2, 0.25) is 0 Å². The molecule has 0 saturated heterocycles. The van der Waals surface area contributed by atoms with Crippen LogP contribution in [0.5, 0.6) is 0 Å². The van der Waals surface area contributed by atoms with Gasteiger partial charge in [-0.3, -0.25) is 9.59 Å². The lowest BCUT2D eigenvalue weighted by molar-refractivity contribution is 0.0997. The average Bonchev–Trinajstić information content (AvgIpc) is 3.02. The first-order chi connectivity index (χ1) is 12.0. The zero-order valence-corrected chi connectivity index (χ0v) is 13.8. The van der Waals surface area contributed by atoms with Crippen molar-refractivity contribution >= 4 is 33.7 Å². The van der Waals surface area contributed by atoms with Crippen molar-refractivity contribution in [3.63, 3.8) is 0 Å². The maximum atomic E-state index is 12.5. The fourth-order valence-corrected chi connectivity index (χ4v) is 2.85. The summed E-state index contributed by atoms with van der Waals surface area (Å²) in [6.07, 6.45) is 0. The molecule has 0 aliphatic rings. The normalized spacial score (nSPS) is 11.1. The minimum Gasteiger partial charge on any atom is -0.425 e. The number of fused-ring (bicyclic) bond motifs is 2. The largest absolute Gasteiger partial charge is 0.425 e. The Morgan fingerprint density at radius 3 is 2.56 bits per heavy atom. The molecule has 124 valence electrons. The number of furan rings is 1. The van der Waals surface area contributed by atoms with Crippen LogP contribution in [-0.4, -0.2) is 5.91 Å². The summed E-state index contributed by atoms with van der Waals surface area (Å²) in [5, 5.41) is 3.51. The number of rotatable bonds is 2. The molecule has 1 amide bonds. The van der Waals surface area contributed by atoms with Gasteiger partial charge in [-0.25, -0.2) is 0 Å². The van der Waals surface area contributed by atoms with E-state index in [1.165, 1.54) is 6.07 Å². The first-order valence-electron chi connectivity index (χ1n) is 7.87. The maximum absolute atomic E-state index is 12.5. The van der Waals surface area contributed by atoms with Gasteiger partial charge in [-0.2, -0.15) is 0 Å². The van der Waals surface area contributed by atoms with E-state index in [0.717, 1.165) is 11.1 Å². The van der Waals surface area contributed by atoms with Crippen molar-refractivity contribution in [3.8, 4) is 0 Å². The average molecular weight is 333 g/mol. The molecular weight excluding hydrogens is 318 g/mol. The molecule has 0 radical (unpaired) electrons. The SMILES string of the molecule is Cc1ccc(NC(=O)c2cc3c(=O)c4ccccc4oc3o2)c(C)c1. The molecule has 25 heavy (non-hydrogen) atoms. The molecule has 2 aromatic carbocycles. The molecular formula is C20H15NO4. The quantitative estimate of drug-likeness (QED) is 0.590. The van der Waals surface area contributed by atoms with Gasteiger partial charge in [0, 0.05) is 11.8 Å². The van der Waals surface area contributed by atoms with Gasteiger partial charge in [0.25, 0.3) is 5.91 Å². The summed E-state index contributed by atoms with van der Waals surface area (Å²) in [4.78, 5) is 25.0. The summed E-state index contributed by atoms with van der Waals surface area (Å²) in [6.45, 7) is 3.90. The summed E-state index contributed by atoms with van der Waals surface area (Å²) in [5.41, 5.74) is 2.97. The molecule has 0 aliphatic heterocycles. The van der Waals surface area contributed by atoms with Gasteiger partial charge in [-0.15, -0.1) is 0 Å². The van der Waals surface area contributed by atoms with Crippen LogP contribution in [0.25, 0.3) is 22.1 Å². The number of amides is 1. The number of aryl methyl sites for hydroxylation is 2. The van der Waals surface area contributed by atoms with Gasteiger partial charge >= 0.3 is 5.78 Å². The van der Waals surface area contributed by atoms with Crippen LogP contribution in [0, 0.1) is 13.8 Å². The zero-order chi connectivity index (χ0) is 17.6. The predicted octanol–water partition coefficient (Wildman–Crippen LogP) is 4.41. The zero-order valence-electron chi connectivity index (χ0n) is 13.8. The summed E-state index contributed by atoms with van der Waals surface area (Å²) in [5.74, 6) is -0.345. The molecule has 5 heteroatoms. The number of para-hydroxylation sites is 1. The van der Waals surface area contributed by atoms with Crippen LogP contribution in [0.3, 0.4) is 0 Å². The molecule has 0 saturated carbocycles. The van der Waals surface area contributed by atoms with Crippen molar-refractivity contribution in [1.29, 1.82) is 0 Å².